The summed E-state index contributed by atoms with van der Waals surface area (Å²) in [5, 5.41) is 0.440. The van der Waals surface area contributed by atoms with Gasteiger partial charge in [0.1, 0.15) is 11.6 Å². The molecule has 2 heterocycles. The van der Waals surface area contributed by atoms with Crippen molar-refractivity contribution in [1.29, 1.82) is 0 Å². The topological polar surface area (TPSA) is 78.5 Å². The number of hydrogen-bond donors (Lipinski definition) is 1. The number of benzene rings is 2. The molecule has 1 aliphatic heterocycles. The molecule has 0 spiro atoms. The molecule has 0 bridgehead atoms. The fourth-order valence-corrected chi connectivity index (χ4v) is 4.58. The van der Waals surface area contributed by atoms with E-state index in [9.17, 15) is 14.0 Å². The van der Waals surface area contributed by atoms with E-state index in [1.54, 1.807) is 24.1 Å². The predicted molar refractivity (Wildman–Crippen MR) is 126 cm³/mol. The van der Waals surface area contributed by atoms with E-state index in [2.05, 4.69) is 14.9 Å². The van der Waals surface area contributed by atoms with Gasteiger partial charge in [0.15, 0.2) is 5.16 Å². The SMILES string of the molecule is COc1ccccc1N1CCN(C(=O)Cc2cc(=O)[nH]c(SCc3ccc(F)cc3)n2)CC1. The van der Waals surface area contributed by atoms with Gasteiger partial charge in [-0.05, 0) is 29.8 Å². The number of hydrogen-bond acceptors (Lipinski definition) is 6. The van der Waals surface area contributed by atoms with Gasteiger partial charge in [-0.1, -0.05) is 36.0 Å². The van der Waals surface area contributed by atoms with Crippen LogP contribution < -0.4 is 15.2 Å². The van der Waals surface area contributed by atoms with Gasteiger partial charge >= 0.3 is 0 Å². The highest BCUT2D eigenvalue weighted by Gasteiger charge is 2.23. The lowest BCUT2D eigenvalue weighted by atomic mass is 10.2. The molecule has 1 fully saturated rings. The third kappa shape index (κ3) is 5.92. The Morgan fingerprint density at radius 2 is 1.85 bits per heavy atom. The number of carbonyl (C=O) groups is 1. The maximum atomic E-state index is 13.1. The van der Waals surface area contributed by atoms with Crippen LogP contribution in [-0.4, -0.2) is 54.1 Å². The first kappa shape index (κ1) is 22.8. The smallest absolute Gasteiger partial charge is 0.251 e. The second-order valence-corrected chi connectivity index (χ2v) is 8.64. The average molecular weight is 469 g/mol. The number of piperazine rings is 1. The van der Waals surface area contributed by atoms with E-state index in [0.29, 0.717) is 42.8 Å². The zero-order valence-corrected chi connectivity index (χ0v) is 19.1. The third-order valence-electron chi connectivity index (χ3n) is 5.45. The number of aromatic nitrogens is 2. The summed E-state index contributed by atoms with van der Waals surface area (Å²) in [7, 11) is 1.65. The van der Waals surface area contributed by atoms with Gasteiger partial charge in [0, 0.05) is 38.0 Å². The van der Waals surface area contributed by atoms with Crippen molar-refractivity contribution in [2.24, 2.45) is 0 Å². The Labute approximate surface area is 195 Å². The largest absolute Gasteiger partial charge is 0.495 e. The number of amides is 1. The first-order valence-electron chi connectivity index (χ1n) is 10.6. The fourth-order valence-electron chi connectivity index (χ4n) is 3.73. The van der Waals surface area contributed by atoms with Crippen molar-refractivity contribution in [3.05, 3.63) is 82.0 Å². The highest BCUT2D eigenvalue weighted by molar-refractivity contribution is 7.98. The Bertz CT molecular complexity index is 1160. The molecule has 1 aromatic heterocycles. The van der Waals surface area contributed by atoms with Crippen molar-refractivity contribution in [2.45, 2.75) is 17.3 Å². The molecule has 0 saturated carbocycles. The summed E-state index contributed by atoms with van der Waals surface area (Å²) in [5.41, 5.74) is 2.08. The number of carbonyl (C=O) groups excluding carboxylic acids is 1. The van der Waals surface area contributed by atoms with Crippen LogP contribution in [0.1, 0.15) is 11.3 Å². The minimum absolute atomic E-state index is 0.0535. The van der Waals surface area contributed by atoms with E-state index in [-0.39, 0.29) is 23.7 Å². The molecule has 0 unspecified atom stereocenters. The van der Waals surface area contributed by atoms with Gasteiger partial charge < -0.3 is 19.5 Å². The third-order valence-corrected chi connectivity index (χ3v) is 6.40. The Hall–Kier alpha value is -3.33. The second-order valence-electron chi connectivity index (χ2n) is 7.67. The van der Waals surface area contributed by atoms with Gasteiger partial charge in [-0.25, -0.2) is 9.37 Å². The van der Waals surface area contributed by atoms with Crippen LogP contribution in [0.2, 0.25) is 0 Å². The molecule has 33 heavy (non-hydrogen) atoms. The number of nitrogens with one attached hydrogen (secondary N) is 1. The van der Waals surface area contributed by atoms with Crippen LogP contribution in [0, 0.1) is 5.82 Å². The number of methoxy groups -OCH3 is 1. The number of rotatable bonds is 7. The number of ether oxygens (including phenoxy) is 1. The normalized spacial score (nSPS) is 13.8. The van der Waals surface area contributed by atoms with E-state index in [1.165, 1.54) is 30.0 Å². The van der Waals surface area contributed by atoms with Gasteiger partial charge in [0.05, 0.1) is 24.9 Å². The van der Waals surface area contributed by atoms with Crippen molar-refractivity contribution in [2.75, 3.05) is 38.2 Å². The average Bonchev–Trinajstić information content (AvgIpc) is 2.83. The fraction of sp³-hybridized carbons (Fsp3) is 0.292. The van der Waals surface area contributed by atoms with Gasteiger partial charge in [-0.15, -0.1) is 0 Å². The van der Waals surface area contributed by atoms with Crippen LogP contribution in [0.15, 0.2) is 64.5 Å². The van der Waals surface area contributed by atoms with E-state index in [0.717, 1.165) is 17.0 Å². The summed E-state index contributed by atoms with van der Waals surface area (Å²) in [6.07, 6.45) is 0.0721. The van der Waals surface area contributed by atoms with E-state index in [4.69, 9.17) is 4.74 Å². The number of anilines is 1. The number of nitrogens with zero attached hydrogens (tertiary/aromatic N) is 3. The maximum absolute atomic E-state index is 13.1. The molecule has 1 N–H and O–H groups in total. The van der Waals surface area contributed by atoms with E-state index >= 15 is 0 Å². The number of aromatic amines is 1. The van der Waals surface area contributed by atoms with E-state index < -0.39 is 0 Å². The molecular formula is C24H25FN4O3S. The zero-order valence-electron chi connectivity index (χ0n) is 18.3. The Morgan fingerprint density at radius 1 is 1.12 bits per heavy atom. The minimum Gasteiger partial charge on any atom is -0.495 e. The van der Waals surface area contributed by atoms with Gasteiger partial charge in [-0.3, -0.25) is 9.59 Å². The summed E-state index contributed by atoms with van der Waals surface area (Å²) >= 11 is 1.34. The standard InChI is InChI=1S/C24H25FN4O3S/c1-32-21-5-3-2-4-20(21)28-10-12-29(13-11-28)23(31)15-19-14-22(30)27-24(26-19)33-16-17-6-8-18(25)9-7-17/h2-9,14H,10-13,15-16H2,1H3,(H,26,27,30). The Balaban J connectivity index is 1.34. The van der Waals surface area contributed by atoms with Crippen LogP contribution >= 0.6 is 11.8 Å². The van der Waals surface area contributed by atoms with E-state index in [1.807, 2.05) is 24.3 Å². The molecule has 1 amide bonds. The first-order chi connectivity index (χ1) is 16.0. The van der Waals surface area contributed by atoms with Gasteiger partial charge in [0.2, 0.25) is 5.91 Å². The molecule has 7 nitrogen and oxygen atoms in total. The molecule has 9 heteroatoms. The molecule has 4 rings (SSSR count). The van der Waals surface area contributed by atoms with Crippen LogP contribution in [0.25, 0.3) is 0 Å². The van der Waals surface area contributed by atoms with Gasteiger partial charge in [-0.2, -0.15) is 0 Å². The molecule has 3 aromatic rings. The summed E-state index contributed by atoms with van der Waals surface area (Å²) in [6, 6.07) is 15.4. The minimum atomic E-state index is -0.296. The Morgan fingerprint density at radius 3 is 2.58 bits per heavy atom. The molecule has 1 saturated heterocycles. The predicted octanol–water partition coefficient (Wildman–Crippen LogP) is 3.10. The second kappa shape index (κ2) is 10.5. The number of thioether (sulfide) groups is 1. The van der Waals surface area contributed by atoms with Crippen molar-refractivity contribution in [1.82, 2.24) is 14.9 Å². The molecule has 0 atom stereocenters. The van der Waals surface area contributed by atoms with Crippen LogP contribution in [-0.2, 0) is 17.0 Å². The number of para-hydroxylation sites is 2. The highest BCUT2D eigenvalue weighted by Crippen LogP contribution is 2.28. The van der Waals surface area contributed by atoms with Crippen molar-refractivity contribution in [3.8, 4) is 5.75 Å². The molecule has 172 valence electrons. The van der Waals surface area contributed by atoms with Gasteiger partial charge in [0.25, 0.3) is 5.56 Å². The molecular weight excluding hydrogens is 443 g/mol. The van der Waals surface area contributed by atoms with Crippen molar-refractivity contribution >= 4 is 23.4 Å². The lowest BCUT2D eigenvalue weighted by Crippen LogP contribution is -2.49. The summed E-state index contributed by atoms with van der Waals surface area (Å²) in [4.78, 5) is 36.1. The molecule has 0 aliphatic carbocycles. The monoisotopic (exact) mass is 468 g/mol. The first-order valence-corrected chi connectivity index (χ1v) is 11.6. The summed E-state index contributed by atoms with van der Waals surface area (Å²) in [5.74, 6) is 1.00. The summed E-state index contributed by atoms with van der Waals surface area (Å²) in [6.45, 7) is 2.58. The van der Waals surface area contributed by atoms with Crippen LogP contribution in [0.3, 0.4) is 0 Å². The molecule has 1 aliphatic rings. The van der Waals surface area contributed by atoms with Crippen LogP contribution in [0.4, 0.5) is 10.1 Å². The lowest BCUT2D eigenvalue weighted by Gasteiger charge is -2.36. The number of halogens is 1. The van der Waals surface area contributed by atoms with Crippen molar-refractivity contribution < 1.29 is 13.9 Å². The highest BCUT2D eigenvalue weighted by atomic mass is 32.2. The summed E-state index contributed by atoms with van der Waals surface area (Å²) < 4.78 is 18.5. The maximum Gasteiger partial charge on any atom is 0.251 e. The number of H-pyrrole nitrogens is 1. The molecule has 0 radical (unpaired) electrons. The Kier molecular flexibility index (Phi) is 7.29. The molecule has 2 aromatic carbocycles. The zero-order chi connectivity index (χ0) is 23.2. The van der Waals surface area contributed by atoms with Crippen LogP contribution in [0.5, 0.6) is 5.75 Å². The van der Waals surface area contributed by atoms with Crippen molar-refractivity contribution in [3.63, 3.8) is 0 Å². The quantitative estimate of drug-likeness (QED) is 0.424. The lowest BCUT2D eigenvalue weighted by molar-refractivity contribution is -0.130.